The van der Waals surface area contributed by atoms with Gasteiger partial charge in [0.2, 0.25) is 0 Å². The molecule has 1 N–H and O–H groups in total. The predicted octanol–water partition coefficient (Wildman–Crippen LogP) is 1.66. The van der Waals surface area contributed by atoms with Crippen LogP contribution in [-0.2, 0) is 27.4 Å². The highest BCUT2D eigenvalue weighted by atomic mass is 16.5. The minimum Gasteiger partial charge on any atom is -0.379 e. The number of ether oxygens (including phenoxy) is 1. The van der Waals surface area contributed by atoms with Gasteiger partial charge in [-0.3, -0.25) is 14.5 Å². The molecule has 0 unspecified atom stereocenters. The second-order valence-electron chi connectivity index (χ2n) is 6.84. The van der Waals surface area contributed by atoms with Gasteiger partial charge in [0.25, 0.3) is 0 Å². The molecule has 6 nitrogen and oxygen atoms in total. The molecule has 1 heterocycles. The Morgan fingerprint density at radius 2 is 1.43 bits per heavy atom. The summed E-state index contributed by atoms with van der Waals surface area (Å²) < 4.78 is 5.32. The zero-order valence-corrected chi connectivity index (χ0v) is 16.0. The highest BCUT2D eigenvalue weighted by Gasteiger charge is 2.22. The van der Waals surface area contributed by atoms with Gasteiger partial charge in [0.1, 0.15) is 0 Å². The van der Waals surface area contributed by atoms with Gasteiger partial charge in [-0.1, -0.05) is 60.7 Å². The fourth-order valence-corrected chi connectivity index (χ4v) is 3.18. The van der Waals surface area contributed by atoms with Gasteiger partial charge in [0.05, 0.1) is 13.2 Å². The molecule has 148 valence electrons. The normalized spacial score (nSPS) is 14.4. The van der Waals surface area contributed by atoms with Gasteiger partial charge in [-0.2, -0.15) is 0 Å². The summed E-state index contributed by atoms with van der Waals surface area (Å²) in [7, 11) is 0. The average Bonchev–Trinajstić information content (AvgIpc) is 2.75. The van der Waals surface area contributed by atoms with E-state index in [2.05, 4.69) is 10.2 Å². The Hall–Kier alpha value is -2.70. The largest absolute Gasteiger partial charge is 0.379 e. The lowest BCUT2D eigenvalue weighted by Gasteiger charge is -2.27. The Morgan fingerprint density at radius 1 is 0.893 bits per heavy atom. The molecule has 2 aromatic carbocycles. The summed E-state index contributed by atoms with van der Waals surface area (Å²) in [6.45, 7) is 5.12. The van der Waals surface area contributed by atoms with E-state index in [1.54, 1.807) is 4.90 Å². The molecule has 0 radical (unpaired) electrons. The predicted molar refractivity (Wildman–Crippen MR) is 107 cm³/mol. The molecular formula is C22H27N3O3. The first kappa shape index (κ1) is 20.0. The van der Waals surface area contributed by atoms with Crippen LogP contribution in [0.15, 0.2) is 60.7 Å². The van der Waals surface area contributed by atoms with Crippen LogP contribution in [0.5, 0.6) is 0 Å². The van der Waals surface area contributed by atoms with Crippen LogP contribution < -0.4 is 5.32 Å². The SMILES string of the molecule is O=C(NCCN1CCOCC1)C(=O)N(Cc1ccccc1)Cc1ccccc1. The number of nitrogens with one attached hydrogen (secondary N) is 1. The second kappa shape index (κ2) is 10.6. The van der Waals surface area contributed by atoms with Crippen LogP contribution in [0.3, 0.4) is 0 Å². The van der Waals surface area contributed by atoms with Crippen molar-refractivity contribution >= 4 is 11.8 Å². The number of amides is 2. The van der Waals surface area contributed by atoms with Crippen molar-refractivity contribution in [1.29, 1.82) is 0 Å². The summed E-state index contributed by atoms with van der Waals surface area (Å²) in [4.78, 5) is 29.1. The molecule has 28 heavy (non-hydrogen) atoms. The van der Waals surface area contributed by atoms with E-state index in [9.17, 15) is 9.59 Å². The van der Waals surface area contributed by atoms with E-state index in [1.165, 1.54) is 0 Å². The van der Waals surface area contributed by atoms with E-state index in [0.29, 0.717) is 19.6 Å². The minimum atomic E-state index is -0.555. The summed E-state index contributed by atoms with van der Waals surface area (Å²) in [6.07, 6.45) is 0. The first-order valence-corrected chi connectivity index (χ1v) is 9.67. The van der Waals surface area contributed by atoms with Crippen LogP contribution >= 0.6 is 0 Å². The smallest absolute Gasteiger partial charge is 0.312 e. The highest BCUT2D eigenvalue weighted by Crippen LogP contribution is 2.10. The van der Waals surface area contributed by atoms with E-state index in [1.807, 2.05) is 60.7 Å². The molecule has 6 heteroatoms. The summed E-state index contributed by atoms with van der Waals surface area (Å²) in [5.41, 5.74) is 1.99. The molecular weight excluding hydrogens is 354 g/mol. The number of morpholine rings is 1. The number of nitrogens with zero attached hydrogens (tertiary/aromatic N) is 2. The van der Waals surface area contributed by atoms with Crippen LogP contribution in [0.1, 0.15) is 11.1 Å². The third-order valence-corrected chi connectivity index (χ3v) is 4.73. The van der Waals surface area contributed by atoms with E-state index in [4.69, 9.17) is 4.74 Å². The van der Waals surface area contributed by atoms with Crippen molar-refractivity contribution in [2.45, 2.75) is 13.1 Å². The zero-order chi connectivity index (χ0) is 19.6. The van der Waals surface area contributed by atoms with Gasteiger partial charge in [0.15, 0.2) is 0 Å². The summed E-state index contributed by atoms with van der Waals surface area (Å²) in [5, 5.41) is 2.77. The third-order valence-electron chi connectivity index (χ3n) is 4.73. The lowest BCUT2D eigenvalue weighted by Crippen LogP contribution is -2.46. The quantitative estimate of drug-likeness (QED) is 0.741. The Bertz CT molecular complexity index is 705. The first-order valence-electron chi connectivity index (χ1n) is 9.67. The monoisotopic (exact) mass is 381 g/mol. The molecule has 1 fully saturated rings. The summed E-state index contributed by atoms with van der Waals surface area (Å²) in [6, 6.07) is 19.4. The molecule has 3 rings (SSSR count). The lowest BCUT2D eigenvalue weighted by molar-refractivity contribution is -0.146. The Morgan fingerprint density at radius 3 is 1.96 bits per heavy atom. The molecule has 0 atom stereocenters. The maximum Gasteiger partial charge on any atom is 0.312 e. The van der Waals surface area contributed by atoms with Gasteiger partial charge in [-0.25, -0.2) is 0 Å². The molecule has 0 spiro atoms. The third kappa shape index (κ3) is 6.18. The van der Waals surface area contributed by atoms with Crippen LogP contribution in [-0.4, -0.2) is 61.0 Å². The maximum atomic E-state index is 12.8. The van der Waals surface area contributed by atoms with Crippen LogP contribution in [0.4, 0.5) is 0 Å². The van der Waals surface area contributed by atoms with Gasteiger partial charge in [0, 0.05) is 39.3 Å². The molecule has 0 bridgehead atoms. The summed E-state index contributed by atoms with van der Waals surface area (Å²) >= 11 is 0. The minimum absolute atomic E-state index is 0.394. The average molecular weight is 381 g/mol. The van der Waals surface area contributed by atoms with E-state index in [0.717, 1.165) is 44.0 Å². The Kier molecular flexibility index (Phi) is 7.58. The molecule has 0 aliphatic carbocycles. The molecule has 1 aliphatic heterocycles. The van der Waals surface area contributed by atoms with E-state index < -0.39 is 11.8 Å². The van der Waals surface area contributed by atoms with Crippen LogP contribution in [0.2, 0.25) is 0 Å². The number of carbonyl (C=O) groups excluding carboxylic acids is 2. The molecule has 0 saturated carbocycles. The van der Waals surface area contributed by atoms with Crippen molar-refractivity contribution in [3.05, 3.63) is 71.8 Å². The number of hydrogen-bond acceptors (Lipinski definition) is 4. The van der Waals surface area contributed by atoms with E-state index >= 15 is 0 Å². The first-order chi connectivity index (χ1) is 13.7. The number of hydrogen-bond donors (Lipinski definition) is 1. The van der Waals surface area contributed by atoms with Crippen molar-refractivity contribution in [3.8, 4) is 0 Å². The number of benzene rings is 2. The van der Waals surface area contributed by atoms with Crippen LogP contribution in [0, 0.1) is 0 Å². The number of rotatable bonds is 7. The van der Waals surface area contributed by atoms with Crippen LogP contribution in [0.25, 0.3) is 0 Å². The van der Waals surface area contributed by atoms with Gasteiger partial charge >= 0.3 is 11.8 Å². The molecule has 2 aromatic rings. The van der Waals surface area contributed by atoms with Gasteiger partial charge in [-0.05, 0) is 11.1 Å². The number of carbonyl (C=O) groups is 2. The highest BCUT2D eigenvalue weighted by molar-refractivity contribution is 6.34. The second-order valence-corrected chi connectivity index (χ2v) is 6.84. The zero-order valence-electron chi connectivity index (χ0n) is 16.0. The van der Waals surface area contributed by atoms with Gasteiger partial charge in [-0.15, -0.1) is 0 Å². The van der Waals surface area contributed by atoms with E-state index in [-0.39, 0.29) is 0 Å². The maximum absolute atomic E-state index is 12.8. The van der Waals surface area contributed by atoms with Crippen molar-refractivity contribution < 1.29 is 14.3 Å². The topological polar surface area (TPSA) is 61.9 Å². The molecule has 2 amide bonds. The van der Waals surface area contributed by atoms with Crippen molar-refractivity contribution in [3.63, 3.8) is 0 Å². The van der Waals surface area contributed by atoms with Gasteiger partial charge < -0.3 is 15.0 Å². The Balaban J connectivity index is 1.58. The Labute approximate surface area is 166 Å². The molecule has 0 aromatic heterocycles. The molecule has 1 saturated heterocycles. The summed E-state index contributed by atoms with van der Waals surface area (Å²) in [5.74, 6) is -1.06. The fraction of sp³-hybridized carbons (Fsp3) is 0.364. The van der Waals surface area contributed by atoms with Crippen molar-refractivity contribution in [2.24, 2.45) is 0 Å². The van der Waals surface area contributed by atoms with Crippen molar-refractivity contribution in [1.82, 2.24) is 15.1 Å². The fourth-order valence-electron chi connectivity index (χ4n) is 3.18. The lowest BCUT2D eigenvalue weighted by atomic mass is 10.1. The standard InChI is InChI=1S/C22H27N3O3/c26-21(23-11-12-24-13-15-28-16-14-24)22(27)25(17-19-7-3-1-4-8-19)18-20-9-5-2-6-10-20/h1-10H,11-18H2,(H,23,26). The van der Waals surface area contributed by atoms with Crippen molar-refractivity contribution in [2.75, 3.05) is 39.4 Å². The molecule has 1 aliphatic rings.